The van der Waals surface area contributed by atoms with Crippen LogP contribution in [0.3, 0.4) is 0 Å². The Morgan fingerprint density at radius 2 is 0.788 bits per heavy atom. The van der Waals surface area contributed by atoms with Crippen LogP contribution in [0.1, 0.15) is 144 Å². The van der Waals surface area contributed by atoms with Crippen LogP contribution in [0.5, 0.6) is 34.5 Å². The molecule has 6 N–H and O–H groups in total. The minimum atomic E-state index is -0.214. The maximum atomic E-state index is 12.9. The van der Waals surface area contributed by atoms with Gasteiger partial charge in [-0.05, 0) is 236 Å². The number of rotatable bonds is 25. The van der Waals surface area contributed by atoms with E-state index in [-0.39, 0.29) is 48.2 Å². The highest BCUT2D eigenvalue weighted by Crippen LogP contribution is 2.31. The molecule has 0 saturated carbocycles. The van der Waals surface area contributed by atoms with Crippen molar-refractivity contribution in [3.63, 3.8) is 0 Å². The molecular formula is C69H90N8O8. The van der Waals surface area contributed by atoms with Crippen LogP contribution in [0.25, 0.3) is 0 Å². The van der Waals surface area contributed by atoms with Gasteiger partial charge in [-0.25, -0.2) is 9.59 Å². The first kappa shape index (κ1) is 64.5. The zero-order valence-corrected chi connectivity index (χ0v) is 51.2. The topological polar surface area (TPSA) is 184 Å². The Morgan fingerprint density at radius 1 is 0.435 bits per heavy atom. The average Bonchev–Trinajstić information content (AvgIpc) is 3.70. The Hall–Kier alpha value is -8.08. The van der Waals surface area contributed by atoms with Crippen molar-refractivity contribution in [2.45, 2.75) is 150 Å². The Kier molecular flexibility index (Phi) is 25.4. The lowest BCUT2D eigenvalue weighted by Crippen LogP contribution is -2.38. The third-order valence-electron chi connectivity index (χ3n) is 15.5. The van der Waals surface area contributed by atoms with Gasteiger partial charge in [0.2, 0.25) is 0 Å². The minimum Gasteiger partial charge on any atom is -0.490 e. The first-order chi connectivity index (χ1) is 41.2. The molecule has 0 spiro atoms. The summed E-state index contributed by atoms with van der Waals surface area (Å²) in [5.74, 6) is 3.90. The van der Waals surface area contributed by atoms with Crippen LogP contribution < -0.4 is 50.8 Å². The van der Waals surface area contributed by atoms with Gasteiger partial charge in [0.05, 0.1) is 0 Å². The lowest BCUT2D eigenvalue weighted by molar-refractivity contribution is 0.0994. The van der Waals surface area contributed by atoms with Gasteiger partial charge in [0, 0.05) is 72.1 Å². The summed E-state index contributed by atoms with van der Waals surface area (Å²) in [7, 11) is 0. The van der Waals surface area contributed by atoms with E-state index in [0.29, 0.717) is 56.9 Å². The zero-order chi connectivity index (χ0) is 60.5. The van der Waals surface area contributed by atoms with Crippen molar-refractivity contribution < 1.29 is 38.1 Å². The first-order valence-corrected chi connectivity index (χ1v) is 30.8. The molecule has 0 unspecified atom stereocenters. The number of hydrogen-bond donors (Lipinski definition) is 6. The van der Waals surface area contributed by atoms with Gasteiger partial charge in [-0.3, -0.25) is 9.59 Å². The molecule has 2 aliphatic rings. The molecule has 0 aromatic heterocycles. The quantitative estimate of drug-likeness (QED) is 0.0322. The number of ether oxygens (including phenoxy) is 4. The molecular weight excluding hydrogens is 1070 g/mol. The van der Waals surface area contributed by atoms with E-state index in [9.17, 15) is 19.2 Å². The molecule has 16 heteroatoms. The van der Waals surface area contributed by atoms with Gasteiger partial charge in [-0.1, -0.05) is 48.0 Å². The maximum Gasteiger partial charge on any atom is 0.319 e. The van der Waals surface area contributed by atoms with Crippen molar-refractivity contribution in [1.82, 2.24) is 20.4 Å². The van der Waals surface area contributed by atoms with E-state index < -0.39 is 0 Å². The molecule has 16 nitrogen and oxygen atoms in total. The van der Waals surface area contributed by atoms with Crippen LogP contribution in [0.15, 0.2) is 133 Å². The van der Waals surface area contributed by atoms with E-state index in [1.807, 2.05) is 98.8 Å². The summed E-state index contributed by atoms with van der Waals surface area (Å²) in [6.07, 6.45) is 11.8. The Bertz CT molecular complexity index is 3020. The fraction of sp³-hybridized carbons (Fsp3) is 0.420. The van der Waals surface area contributed by atoms with Crippen molar-refractivity contribution in [3.8, 4) is 34.5 Å². The molecule has 2 saturated heterocycles. The first-order valence-electron chi connectivity index (χ1n) is 30.8. The van der Waals surface area contributed by atoms with E-state index in [4.69, 9.17) is 18.9 Å². The average molecular weight is 1160 g/mol. The number of amides is 6. The van der Waals surface area contributed by atoms with E-state index in [1.54, 1.807) is 48.5 Å². The molecule has 2 heterocycles. The second-order valence-electron chi connectivity index (χ2n) is 22.1. The summed E-state index contributed by atoms with van der Waals surface area (Å²) in [6.45, 7) is 23.2. The number of nitrogens with one attached hydrogen (secondary N) is 6. The van der Waals surface area contributed by atoms with Crippen molar-refractivity contribution >= 4 is 46.6 Å². The number of carbonyl (C=O) groups excluding carboxylic acids is 4. The zero-order valence-electron chi connectivity index (χ0n) is 51.2. The number of anilines is 4. The summed E-state index contributed by atoms with van der Waals surface area (Å²) in [6, 6.07) is 40.1. The number of urea groups is 2. The molecule has 2 aliphatic heterocycles. The predicted molar refractivity (Wildman–Crippen MR) is 343 cm³/mol. The third kappa shape index (κ3) is 20.9. The smallest absolute Gasteiger partial charge is 0.319 e. The molecule has 0 atom stereocenters. The van der Waals surface area contributed by atoms with Gasteiger partial charge in [0.15, 0.2) is 0 Å². The highest BCUT2D eigenvalue weighted by molar-refractivity contribution is 6.05. The fourth-order valence-corrected chi connectivity index (χ4v) is 10.2. The molecule has 6 aromatic carbocycles. The van der Waals surface area contributed by atoms with E-state index in [1.165, 1.54) is 25.8 Å². The molecule has 0 bridgehead atoms. The molecule has 6 aromatic rings. The molecule has 454 valence electrons. The summed E-state index contributed by atoms with van der Waals surface area (Å²) in [4.78, 5) is 55.2. The van der Waals surface area contributed by atoms with Gasteiger partial charge < -0.3 is 60.6 Å². The summed E-state index contributed by atoms with van der Waals surface area (Å²) in [5.41, 5.74) is 5.66. The number of aryl methyl sites for hydroxylation is 2. The summed E-state index contributed by atoms with van der Waals surface area (Å²) in [5, 5.41) is 17.6. The van der Waals surface area contributed by atoms with Gasteiger partial charge in [-0.15, -0.1) is 0 Å². The van der Waals surface area contributed by atoms with Gasteiger partial charge in [0.25, 0.3) is 11.8 Å². The van der Waals surface area contributed by atoms with Crippen LogP contribution in [0, 0.1) is 13.8 Å². The van der Waals surface area contributed by atoms with Crippen LogP contribution >= 0.6 is 0 Å². The highest BCUT2D eigenvalue weighted by atomic mass is 16.5. The Balaban J connectivity index is 0.000000244. The van der Waals surface area contributed by atoms with Crippen LogP contribution in [0.4, 0.5) is 32.3 Å². The van der Waals surface area contributed by atoms with Crippen molar-refractivity contribution in [2.24, 2.45) is 0 Å². The number of piperidine rings is 2. The van der Waals surface area contributed by atoms with E-state index in [0.717, 1.165) is 107 Å². The van der Waals surface area contributed by atoms with Crippen LogP contribution in [-0.2, 0) is 0 Å². The standard InChI is InChI=1S/C35H46N4O4.C34H44N4O4/c1-5-8-21-39-22-19-32(20-23-39)42-30-14-9-26(10-15-30)34(40)36-29-13-18-33(25(4)24-29)43-31-16-11-28(12-17-31)38-35(41)37-27(6-2)7-3;1-5-20-38-21-18-31(19-22-38)41-29-13-8-25(9-14-29)33(39)35-28-12-17-32(24(4)23-28)42-30-15-10-27(11-16-30)37-34(40)36-26(6-2)7-3/h9-18,24,27,32H,5-8,19-23H2,1-4H3,(H,36,40)(H2,37,38,41);8-17,23,26,31H,5-7,18-22H2,1-4H3,(H,35,39)(H2,36,37,40). The SMILES string of the molecule is CCCCN1CCC(Oc2ccc(C(=O)Nc3ccc(Oc4ccc(NC(=O)NC(CC)CC)cc4)c(C)c3)cc2)CC1.CCCN1CCC(Oc2ccc(C(=O)Nc3ccc(Oc4ccc(NC(=O)NC(CC)CC)cc4)c(C)c3)cc2)CC1. The number of carbonyl (C=O) groups is 4. The third-order valence-corrected chi connectivity index (χ3v) is 15.5. The second-order valence-corrected chi connectivity index (χ2v) is 22.1. The van der Waals surface area contributed by atoms with Crippen molar-refractivity contribution in [3.05, 3.63) is 156 Å². The maximum absolute atomic E-state index is 12.9. The molecule has 8 rings (SSSR count). The molecule has 0 aliphatic carbocycles. The van der Waals surface area contributed by atoms with Crippen LogP contribution in [-0.4, -0.2) is 97.2 Å². The van der Waals surface area contributed by atoms with E-state index in [2.05, 4.69) is 83.2 Å². The van der Waals surface area contributed by atoms with Gasteiger partial charge in [-0.2, -0.15) is 0 Å². The van der Waals surface area contributed by atoms with Gasteiger partial charge in [0.1, 0.15) is 46.7 Å². The van der Waals surface area contributed by atoms with Crippen molar-refractivity contribution in [1.29, 1.82) is 0 Å². The number of likely N-dealkylation sites (tertiary alicyclic amines) is 2. The number of nitrogens with zero attached hydrogens (tertiary/aromatic N) is 2. The van der Waals surface area contributed by atoms with Crippen molar-refractivity contribution in [2.75, 3.05) is 60.5 Å². The Morgan fingerprint density at radius 3 is 1.13 bits per heavy atom. The highest BCUT2D eigenvalue weighted by Gasteiger charge is 2.22. The monoisotopic (exact) mass is 1160 g/mol. The summed E-state index contributed by atoms with van der Waals surface area (Å²) < 4.78 is 24.5. The lowest BCUT2D eigenvalue weighted by atomic mass is 10.1. The predicted octanol–water partition coefficient (Wildman–Crippen LogP) is 15.6. The van der Waals surface area contributed by atoms with E-state index >= 15 is 0 Å². The van der Waals surface area contributed by atoms with Gasteiger partial charge >= 0.3 is 12.1 Å². The molecule has 6 amide bonds. The number of unbranched alkanes of at least 4 members (excludes halogenated alkanes) is 1. The Labute approximate surface area is 504 Å². The number of hydrogen-bond acceptors (Lipinski definition) is 10. The number of benzene rings is 6. The summed E-state index contributed by atoms with van der Waals surface area (Å²) >= 11 is 0. The largest absolute Gasteiger partial charge is 0.490 e. The van der Waals surface area contributed by atoms with Crippen LogP contribution in [0.2, 0.25) is 0 Å². The lowest BCUT2D eigenvalue weighted by Gasteiger charge is -2.32. The molecule has 2 fully saturated rings. The molecule has 85 heavy (non-hydrogen) atoms. The molecule has 0 radical (unpaired) electrons. The second kappa shape index (κ2) is 33.4. The fourth-order valence-electron chi connectivity index (χ4n) is 10.2. The minimum absolute atomic E-state index is 0.159. The normalized spacial score (nSPS) is 13.9.